The number of nitrogens with zero attached hydrogens (tertiary/aromatic N) is 5. The first kappa shape index (κ1) is 20.2. The van der Waals surface area contributed by atoms with E-state index in [4.69, 9.17) is 16.2 Å². The molecule has 1 fully saturated rings. The van der Waals surface area contributed by atoms with Crippen LogP contribution in [-0.2, 0) is 5.41 Å². The van der Waals surface area contributed by atoms with Gasteiger partial charge in [0, 0.05) is 25.0 Å². The van der Waals surface area contributed by atoms with Gasteiger partial charge in [0.2, 0.25) is 5.95 Å². The van der Waals surface area contributed by atoms with E-state index >= 15 is 0 Å². The number of nitrogens with two attached hydrogens (primary N) is 1. The third-order valence-corrected chi connectivity index (χ3v) is 5.60. The van der Waals surface area contributed by atoms with Crippen LogP contribution in [0.1, 0.15) is 30.4 Å². The van der Waals surface area contributed by atoms with E-state index in [9.17, 15) is 4.79 Å². The van der Waals surface area contributed by atoms with Crippen molar-refractivity contribution < 1.29 is 9.90 Å². The molecule has 1 aliphatic rings. The first-order chi connectivity index (χ1) is 14.9. The van der Waals surface area contributed by atoms with E-state index in [0.717, 1.165) is 40.6 Å². The van der Waals surface area contributed by atoms with Crippen LogP contribution in [0.4, 0.5) is 10.7 Å². The molecule has 0 saturated heterocycles. The van der Waals surface area contributed by atoms with Crippen molar-refractivity contribution in [2.75, 3.05) is 12.8 Å². The summed E-state index contributed by atoms with van der Waals surface area (Å²) in [6.45, 7) is 0. The maximum Gasteiger partial charge on any atom is 0.369 e. The summed E-state index contributed by atoms with van der Waals surface area (Å²) in [4.78, 5) is 24.0. The van der Waals surface area contributed by atoms with Gasteiger partial charge >= 0.3 is 11.9 Å². The number of aromatic nitrogens is 4. The van der Waals surface area contributed by atoms with Crippen LogP contribution in [0.5, 0.6) is 0 Å². The molecule has 4 rings (SSSR count). The molecule has 1 amide bonds. The molecule has 2 heterocycles. The molecule has 0 spiro atoms. The molecule has 0 bridgehead atoms. The highest BCUT2D eigenvalue weighted by Gasteiger charge is 2.43. The molecule has 3 aromatic rings. The molecular formula is C21H23N8O2+. The van der Waals surface area contributed by atoms with Gasteiger partial charge in [-0.3, -0.25) is 5.41 Å². The molecule has 158 valence electrons. The summed E-state index contributed by atoms with van der Waals surface area (Å²) in [5.41, 5.74) is 8.21. The average molecular weight is 419 g/mol. The summed E-state index contributed by atoms with van der Waals surface area (Å²) in [6, 6.07) is 7.51. The first-order valence-electron chi connectivity index (χ1n) is 9.78. The third-order valence-electron chi connectivity index (χ3n) is 5.60. The third kappa shape index (κ3) is 3.75. The number of carbonyl (C=O) groups is 1. The number of benzene rings is 1. The van der Waals surface area contributed by atoms with Crippen molar-refractivity contribution in [3.05, 3.63) is 60.2 Å². The highest BCUT2D eigenvalue weighted by molar-refractivity contribution is 6.05. The molecule has 6 N–H and O–H groups in total. The van der Waals surface area contributed by atoms with Gasteiger partial charge in [0.05, 0.1) is 17.8 Å². The van der Waals surface area contributed by atoms with Gasteiger partial charge in [0.15, 0.2) is 0 Å². The molecule has 1 saturated carbocycles. The van der Waals surface area contributed by atoms with Gasteiger partial charge in [0.25, 0.3) is 0 Å². The molecule has 0 unspecified atom stereocenters. The lowest BCUT2D eigenvalue weighted by Gasteiger charge is -2.41. The zero-order chi connectivity index (χ0) is 22.0. The van der Waals surface area contributed by atoms with E-state index in [1.165, 1.54) is 19.4 Å². The number of amidine groups is 1. The zero-order valence-corrected chi connectivity index (χ0v) is 17.0. The van der Waals surface area contributed by atoms with Crippen LogP contribution in [0.25, 0.3) is 11.1 Å². The lowest BCUT2D eigenvalue weighted by atomic mass is 9.63. The highest BCUT2D eigenvalue weighted by Crippen LogP contribution is 2.45. The predicted molar refractivity (Wildman–Crippen MR) is 117 cm³/mol. The van der Waals surface area contributed by atoms with E-state index in [1.54, 1.807) is 12.4 Å². The van der Waals surface area contributed by atoms with Gasteiger partial charge in [-0.2, -0.15) is 9.78 Å². The molecule has 10 heteroatoms. The second kappa shape index (κ2) is 7.98. The van der Waals surface area contributed by atoms with Crippen molar-refractivity contribution in [3.8, 4) is 11.1 Å². The Hall–Kier alpha value is -4.08. The van der Waals surface area contributed by atoms with Crippen LogP contribution >= 0.6 is 0 Å². The Morgan fingerprint density at radius 2 is 1.87 bits per heavy atom. The van der Waals surface area contributed by atoms with Crippen LogP contribution in [0.3, 0.4) is 0 Å². The number of hydrogen-bond donors (Lipinski definition) is 3. The Morgan fingerprint density at radius 3 is 2.45 bits per heavy atom. The molecular weight excluding hydrogens is 396 g/mol. The van der Waals surface area contributed by atoms with Crippen molar-refractivity contribution in [1.29, 1.82) is 5.41 Å². The minimum atomic E-state index is -0.515. The number of nitrogen functional groups attached to an aromatic ring is 1. The quantitative estimate of drug-likeness (QED) is 0.333. The Morgan fingerprint density at radius 1 is 1.19 bits per heavy atom. The Bertz CT molecular complexity index is 1140. The molecule has 1 aromatic carbocycles. The molecule has 10 nitrogen and oxygen atoms in total. The molecule has 2 aromatic heterocycles. The van der Waals surface area contributed by atoms with Crippen LogP contribution < -0.4 is 11.1 Å². The molecule has 0 aliphatic heterocycles. The molecule has 0 radical (unpaired) electrons. The van der Waals surface area contributed by atoms with Gasteiger partial charge in [-0.15, -0.1) is 4.99 Å². The lowest BCUT2D eigenvalue weighted by Crippen LogP contribution is -2.41. The fourth-order valence-corrected chi connectivity index (χ4v) is 3.62. The summed E-state index contributed by atoms with van der Waals surface area (Å²) in [7, 11) is 1.50. The van der Waals surface area contributed by atoms with E-state index in [-0.39, 0.29) is 17.7 Å². The van der Waals surface area contributed by atoms with Crippen LogP contribution in [-0.4, -0.2) is 49.7 Å². The normalized spacial score (nSPS) is 15.2. The minimum absolute atomic E-state index is 0.0953. The van der Waals surface area contributed by atoms with Crippen molar-refractivity contribution in [3.63, 3.8) is 0 Å². The molecule has 31 heavy (non-hydrogen) atoms. The predicted octanol–water partition coefficient (Wildman–Crippen LogP) is 1.68. The van der Waals surface area contributed by atoms with Crippen molar-refractivity contribution in [2.45, 2.75) is 24.7 Å². The number of hydrogen-bond acceptors (Lipinski definition) is 6. The van der Waals surface area contributed by atoms with Crippen LogP contribution in [0, 0.1) is 5.41 Å². The largest absolute Gasteiger partial charge is 0.578 e. The molecule has 1 aliphatic carbocycles. The van der Waals surface area contributed by atoms with Crippen LogP contribution in [0.2, 0.25) is 0 Å². The van der Waals surface area contributed by atoms with Gasteiger partial charge in [-0.1, -0.05) is 30.7 Å². The van der Waals surface area contributed by atoms with Crippen molar-refractivity contribution in [1.82, 2.24) is 25.1 Å². The number of anilines is 1. The molecule has 0 atom stereocenters. The Labute approximate surface area is 178 Å². The number of carbonyl (C=O) groups excluding carboxylic acids is 1. The maximum atomic E-state index is 11.6. The smallest absolute Gasteiger partial charge is 0.369 e. The fourth-order valence-electron chi connectivity index (χ4n) is 3.62. The zero-order valence-electron chi connectivity index (χ0n) is 17.0. The van der Waals surface area contributed by atoms with Crippen molar-refractivity contribution in [2.24, 2.45) is 4.99 Å². The highest BCUT2D eigenvalue weighted by atomic mass is 16.3. The number of rotatable bonds is 4. The summed E-state index contributed by atoms with van der Waals surface area (Å²) in [6.07, 6.45) is 8.75. The van der Waals surface area contributed by atoms with E-state index < -0.39 is 11.4 Å². The number of nitrogens with one attached hydrogen (secondary N) is 2. The maximum absolute atomic E-state index is 11.6. The second-order valence-corrected chi connectivity index (χ2v) is 7.38. The Balaban J connectivity index is 1.57. The number of aliphatic imine (C=N–C) groups is 1. The van der Waals surface area contributed by atoms with E-state index in [0.29, 0.717) is 5.56 Å². The SMILES string of the molecule is CNC(=O)n1cc(C([OH2+])=NC(=N)C2(c3ccc(-c4cnc(N)nc4)cc3)CCC2)cn1. The van der Waals surface area contributed by atoms with E-state index in [2.05, 4.69) is 25.4 Å². The Kier molecular flexibility index (Phi) is 5.20. The summed E-state index contributed by atoms with van der Waals surface area (Å²) < 4.78 is 1.10. The fraction of sp³-hybridized carbons (Fsp3) is 0.238. The second-order valence-electron chi connectivity index (χ2n) is 7.38. The first-order valence-corrected chi connectivity index (χ1v) is 9.78. The average Bonchev–Trinajstić information content (AvgIpc) is 3.24. The topological polar surface area (TPSA) is 158 Å². The van der Waals surface area contributed by atoms with Gasteiger partial charge < -0.3 is 16.2 Å². The lowest BCUT2D eigenvalue weighted by molar-refractivity contribution is 0.241. The monoisotopic (exact) mass is 419 g/mol. The summed E-state index contributed by atoms with van der Waals surface area (Å²) in [5, 5.41) is 23.3. The minimum Gasteiger partial charge on any atom is -0.578 e. The van der Waals surface area contributed by atoms with Crippen molar-refractivity contribution >= 4 is 23.7 Å². The summed E-state index contributed by atoms with van der Waals surface area (Å²) >= 11 is 0. The van der Waals surface area contributed by atoms with E-state index in [1.807, 2.05) is 24.3 Å². The summed E-state index contributed by atoms with van der Waals surface area (Å²) in [5.74, 6) is 0.272. The van der Waals surface area contributed by atoms with Crippen LogP contribution in [0.15, 0.2) is 54.0 Å². The van der Waals surface area contributed by atoms with Gasteiger partial charge in [0.1, 0.15) is 11.4 Å². The number of amides is 1. The van der Waals surface area contributed by atoms with Gasteiger partial charge in [-0.25, -0.2) is 14.8 Å². The van der Waals surface area contributed by atoms with Gasteiger partial charge in [-0.05, 0) is 24.0 Å². The standard InChI is InChI=1S/C21H22N8O2/c1-24-20(31)29-12-15(11-27-29)17(30)28-18(22)21(7-2-8-21)16-5-3-13(4-6-16)14-9-25-19(23)26-10-14/h3-6,9-12H,2,7-8H2,1H3,(H,24,31)(H2,22,28,30)(H2,23,25,26)/p+1.